The molecular weight excluding hydrogens is 242 g/mol. The van der Waals surface area contributed by atoms with E-state index in [-0.39, 0.29) is 5.41 Å². The van der Waals surface area contributed by atoms with Gasteiger partial charge in [0, 0.05) is 0 Å². The maximum absolute atomic E-state index is 11.0. The summed E-state index contributed by atoms with van der Waals surface area (Å²) in [6, 6.07) is 7.36. The molecule has 19 heavy (non-hydrogen) atoms. The van der Waals surface area contributed by atoms with Crippen LogP contribution in [0, 0.1) is 16.7 Å². The van der Waals surface area contributed by atoms with Crippen LogP contribution in [-0.4, -0.2) is 20.0 Å². The summed E-state index contributed by atoms with van der Waals surface area (Å²) in [5.74, 6) is 1.17. The zero-order valence-electron chi connectivity index (χ0n) is 11.6. The quantitative estimate of drug-likeness (QED) is 0.558. The van der Waals surface area contributed by atoms with Crippen molar-refractivity contribution in [3.05, 3.63) is 23.8 Å². The predicted octanol–water partition coefficient (Wildman–Crippen LogP) is 3.22. The van der Waals surface area contributed by atoms with Crippen molar-refractivity contribution in [2.24, 2.45) is 5.41 Å². The van der Waals surface area contributed by atoms with E-state index in [2.05, 4.69) is 6.07 Å². The first-order chi connectivity index (χ1) is 9.02. The molecule has 0 radical (unpaired) electrons. The Kier molecular flexibility index (Phi) is 5.37. The lowest BCUT2D eigenvalue weighted by atomic mass is 9.90. The van der Waals surface area contributed by atoms with Crippen molar-refractivity contribution in [2.75, 3.05) is 13.7 Å². The zero-order chi connectivity index (χ0) is 14.3. The van der Waals surface area contributed by atoms with Gasteiger partial charge in [0.25, 0.3) is 0 Å². The molecule has 0 atom stereocenters. The van der Waals surface area contributed by atoms with Crippen LogP contribution < -0.4 is 9.47 Å². The Balaban J connectivity index is 2.54. The Morgan fingerprint density at radius 1 is 1.42 bits per heavy atom. The summed E-state index contributed by atoms with van der Waals surface area (Å²) in [7, 11) is 1.55. The number of methoxy groups -OCH3 is 1. The highest BCUT2D eigenvalue weighted by Gasteiger charge is 2.15. The van der Waals surface area contributed by atoms with E-state index < -0.39 is 0 Å². The van der Waals surface area contributed by atoms with Gasteiger partial charge in [-0.05, 0) is 44.9 Å². The molecule has 0 aliphatic carbocycles. The molecule has 102 valence electrons. The second kappa shape index (κ2) is 6.79. The molecule has 0 aliphatic heterocycles. The molecule has 0 N–H and O–H groups in total. The molecule has 0 heterocycles. The fraction of sp³-hybridized carbons (Fsp3) is 0.467. The maximum Gasteiger partial charge on any atom is 0.153 e. The molecule has 1 rings (SSSR count). The lowest BCUT2D eigenvalue weighted by molar-refractivity contribution is 0.111. The van der Waals surface area contributed by atoms with Crippen LogP contribution in [0.5, 0.6) is 11.5 Å². The number of carbonyl (C=O) groups excluding carboxylic acids is 1. The zero-order valence-corrected chi connectivity index (χ0v) is 11.6. The summed E-state index contributed by atoms with van der Waals surface area (Å²) in [6.07, 6.45) is 2.28. The highest BCUT2D eigenvalue weighted by atomic mass is 16.5. The lowest BCUT2D eigenvalue weighted by Gasteiger charge is -2.15. The number of hydrogen-bond acceptors (Lipinski definition) is 4. The van der Waals surface area contributed by atoms with E-state index in [0.717, 1.165) is 19.1 Å². The van der Waals surface area contributed by atoms with Crippen LogP contribution in [0.25, 0.3) is 0 Å². The van der Waals surface area contributed by atoms with Gasteiger partial charge in [-0.3, -0.25) is 4.79 Å². The Labute approximate surface area is 113 Å². The van der Waals surface area contributed by atoms with Crippen LogP contribution in [0.2, 0.25) is 0 Å². The standard InChI is InChI=1S/C15H19NO3/c1-15(2,11-16)7-4-8-19-14-6-5-13(18-3)9-12(14)10-17/h5-6,9-10H,4,7-8H2,1-3H3. The Morgan fingerprint density at radius 2 is 2.16 bits per heavy atom. The van der Waals surface area contributed by atoms with Crippen LogP contribution in [0.1, 0.15) is 37.0 Å². The molecule has 0 spiro atoms. The number of ether oxygens (including phenoxy) is 2. The Hall–Kier alpha value is -2.02. The molecule has 0 amide bonds. The fourth-order valence-electron chi connectivity index (χ4n) is 1.63. The number of nitrogens with zero attached hydrogens (tertiary/aromatic N) is 1. The van der Waals surface area contributed by atoms with Crippen LogP contribution in [0.3, 0.4) is 0 Å². The highest BCUT2D eigenvalue weighted by molar-refractivity contribution is 5.80. The first-order valence-electron chi connectivity index (χ1n) is 6.19. The number of carbonyl (C=O) groups is 1. The van der Waals surface area contributed by atoms with Crippen molar-refractivity contribution in [3.63, 3.8) is 0 Å². The summed E-state index contributed by atoms with van der Waals surface area (Å²) in [6.45, 7) is 4.28. The largest absolute Gasteiger partial charge is 0.497 e. The number of rotatable bonds is 7. The Morgan fingerprint density at radius 3 is 2.74 bits per heavy atom. The monoisotopic (exact) mass is 261 g/mol. The van der Waals surface area contributed by atoms with Gasteiger partial charge >= 0.3 is 0 Å². The number of hydrogen-bond donors (Lipinski definition) is 0. The van der Waals surface area contributed by atoms with E-state index in [9.17, 15) is 4.79 Å². The maximum atomic E-state index is 11.0. The number of nitriles is 1. The molecule has 1 aromatic carbocycles. The molecule has 4 nitrogen and oxygen atoms in total. The normalized spacial score (nSPS) is 10.6. The van der Waals surface area contributed by atoms with E-state index >= 15 is 0 Å². The molecule has 0 aromatic heterocycles. The van der Waals surface area contributed by atoms with E-state index in [1.165, 1.54) is 0 Å². The number of aldehydes is 1. The summed E-state index contributed by atoms with van der Waals surface area (Å²) in [4.78, 5) is 11.0. The summed E-state index contributed by atoms with van der Waals surface area (Å²) in [5.41, 5.74) is 0.135. The SMILES string of the molecule is COc1ccc(OCCCC(C)(C)C#N)c(C=O)c1. The van der Waals surface area contributed by atoms with Crippen molar-refractivity contribution in [1.29, 1.82) is 5.26 Å². The van der Waals surface area contributed by atoms with E-state index in [0.29, 0.717) is 23.7 Å². The average Bonchev–Trinajstić information content (AvgIpc) is 2.43. The van der Waals surface area contributed by atoms with Gasteiger partial charge in [0.2, 0.25) is 0 Å². The minimum atomic E-state index is -0.337. The third kappa shape index (κ3) is 4.63. The van der Waals surface area contributed by atoms with E-state index in [1.807, 2.05) is 13.8 Å². The van der Waals surface area contributed by atoms with Crippen LogP contribution in [0.4, 0.5) is 0 Å². The molecule has 0 saturated heterocycles. The van der Waals surface area contributed by atoms with Crippen molar-refractivity contribution >= 4 is 6.29 Å². The summed E-state index contributed by atoms with van der Waals surface area (Å²) >= 11 is 0. The van der Waals surface area contributed by atoms with Gasteiger partial charge in [-0.1, -0.05) is 0 Å². The van der Waals surface area contributed by atoms with Crippen molar-refractivity contribution in [3.8, 4) is 17.6 Å². The van der Waals surface area contributed by atoms with Crippen LogP contribution >= 0.6 is 0 Å². The third-order valence-corrected chi connectivity index (χ3v) is 2.85. The second-order valence-electron chi connectivity index (χ2n) is 4.97. The minimum absolute atomic E-state index is 0.337. The topological polar surface area (TPSA) is 59.3 Å². The van der Waals surface area contributed by atoms with Crippen molar-refractivity contribution < 1.29 is 14.3 Å². The molecule has 0 fully saturated rings. The molecule has 1 aromatic rings. The molecule has 0 unspecified atom stereocenters. The second-order valence-corrected chi connectivity index (χ2v) is 4.97. The lowest BCUT2D eigenvalue weighted by Crippen LogP contribution is -2.10. The van der Waals surface area contributed by atoms with Crippen molar-refractivity contribution in [1.82, 2.24) is 0 Å². The summed E-state index contributed by atoms with van der Waals surface area (Å²) < 4.78 is 10.6. The molecule has 4 heteroatoms. The van der Waals surface area contributed by atoms with Gasteiger partial charge in [-0.15, -0.1) is 0 Å². The molecule has 0 aliphatic rings. The van der Waals surface area contributed by atoms with Crippen molar-refractivity contribution in [2.45, 2.75) is 26.7 Å². The van der Waals surface area contributed by atoms with Gasteiger partial charge in [-0.25, -0.2) is 0 Å². The average molecular weight is 261 g/mol. The van der Waals surface area contributed by atoms with E-state index in [1.54, 1.807) is 25.3 Å². The fourth-order valence-corrected chi connectivity index (χ4v) is 1.63. The van der Waals surface area contributed by atoms with Crippen LogP contribution in [0.15, 0.2) is 18.2 Å². The van der Waals surface area contributed by atoms with Crippen LogP contribution in [-0.2, 0) is 0 Å². The van der Waals surface area contributed by atoms with E-state index in [4.69, 9.17) is 14.7 Å². The minimum Gasteiger partial charge on any atom is -0.497 e. The number of benzene rings is 1. The molecule has 0 bridgehead atoms. The molecular formula is C15H19NO3. The first kappa shape index (κ1) is 15.0. The Bertz CT molecular complexity index is 475. The van der Waals surface area contributed by atoms with Gasteiger partial charge in [-0.2, -0.15) is 5.26 Å². The third-order valence-electron chi connectivity index (χ3n) is 2.85. The van der Waals surface area contributed by atoms with Gasteiger partial charge in [0.05, 0.1) is 30.8 Å². The highest BCUT2D eigenvalue weighted by Crippen LogP contribution is 2.24. The van der Waals surface area contributed by atoms with Gasteiger partial charge in [0.1, 0.15) is 11.5 Å². The van der Waals surface area contributed by atoms with Gasteiger partial charge in [0.15, 0.2) is 6.29 Å². The summed E-state index contributed by atoms with van der Waals surface area (Å²) in [5, 5.41) is 8.90. The predicted molar refractivity (Wildman–Crippen MR) is 72.5 cm³/mol. The smallest absolute Gasteiger partial charge is 0.153 e. The first-order valence-corrected chi connectivity index (χ1v) is 6.19. The van der Waals surface area contributed by atoms with Gasteiger partial charge < -0.3 is 9.47 Å². The molecule has 0 saturated carbocycles.